The summed E-state index contributed by atoms with van der Waals surface area (Å²) in [6, 6.07) is 3.22. The van der Waals surface area contributed by atoms with Crippen LogP contribution in [0.4, 0.5) is 0 Å². The lowest BCUT2D eigenvalue weighted by Crippen LogP contribution is -2.19. The first-order valence-corrected chi connectivity index (χ1v) is 4.36. The number of fused-ring (bicyclic) bond motifs is 1. The Hall–Kier alpha value is -1.29. The van der Waals surface area contributed by atoms with E-state index in [2.05, 4.69) is 4.98 Å². The van der Waals surface area contributed by atoms with E-state index in [9.17, 15) is 4.79 Å². The molecule has 0 bridgehead atoms. The van der Waals surface area contributed by atoms with E-state index >= 15 is 0 Å². The van der Waals surface area contributed by atoms with Crippen molar-refractivity contribution in [3.05, 3.63) is 34.4 Å². The Morgan fingerprint density at radius 3 is 3.08 bits per heavy atom. The van der Waals surface area contributed by atoms with Crippen LogP contribution < -0.4 is 5.56 Å². The van der Waals surface area contributed by atoms with E-state index in [-0.39, 0.29) is 11.4 Å². The lowest BCUT2D eigenvalue weighted by molar-refractivity contribution is 0.678. The normalized spacial score (nSPS) is 10.9. The zero-order chi connectivity index (χ0) is 9.42. The lowest BCUT2D eigenvalue weighted by Gasteiger charge is -1.99. The summed E-state index contributed by atoms with van der Waals surface area (Å²) in [4.78, 5) is 15.7. The average Bonchev–Trinajstić information content (AvgIpc) is 2.48. The summed E-state index contributed by atoms with van der Waals surface area (Å²) in [6.45, 7) is 0. The van der Waals surface area contributed by atoms with Gasteiger partial charge in [-0.15, -0.1) is 11.6 Å². The molecule has 2 aromatic heterocycles. The van der Waals surface area contributed by atoms with E-state index in [4.69, 9.17) is 11.6 Å². The minimum absolute atomic E-state index is 0.104. The van der Waals surface area contributed by atoms with Crippen LogP contribution in [0.1, 0.15) is 5.69 Å². The van der Waals surface area contributed by atoms with Gasteiger partial charge in [-0.25, -0.2) is 4.98 Å². The molecule has 0 aliphatic rings. The van der Waals surface area contributed by atoms with Crippen molar-refractivity contribution in [2.75, 3.05) is 0 Å². The summed E-state index contributed by atoms with van der Waals surface area (Å²) in [5.41, 5.74) is 1.14. The molecule has 0 aliphatic carbocycles. The maximum Gasteiger partial charge on any atom is 0.273 e. The van der Waals surface area contributed by atoms with Crippen LogP contribution in [0.2, 0.25) is 0 Å². The number of alkyl halides is 1. The minimum atomic E-state index is -0.104. The van der Waals surface area contributed by atoms with Gasteiger partial charge in [0.25, 0.3) is 5.56 Å². The third-order valence-corrected chi connectivity index (χ3v) is 2.14. The Labute approximate surface area is 79.4 Å². The van der Waals surface area contributed by atoms with Crippen molar-refractivity contribution < 1.29 is 0 Å². The zero-order valence-electron chi connectivity index (χ0n) is 7.07. The molecule has 0 atom stereocenters. The molecule has 68 valence electrons. The van der Waals surface area contributed by atoms with E-state index in [1.807, 2.05) is 0 Å². The van der Waals surface area contributed by atoms with E-state index in [1.54, 1.807) is 24.0 Å². The Bertz CT molecular complexity index is 500. The number of hydrogen-bond acceptors (Lipinski definition) is 2. The van der Waals surface area contributed by atoms with Crippen molar-refractivity contribution in [2.45, 2.75) is 5.88 Å². The number of aryl methyl sites for hydroxylation is 1. The van der Waals surface area contributed by atoms with Gasteiger partial charge in [0.15, 0.2) is 5.65 Å². The molecule has 2 aromatic rings. The molecule has 0 fully saturated rings. The molecule has 0 saturated carbocycles. The fraction of sp³-hybridized carbons (Fsp3) is 0.250. The van der Waals surface area contributed by atoms with E-state index in [1.165, 1.54) is 10.6 Å². The van der Waals surface area contributed by atoms with Crippen molar-refractivity contribution in [3.8, 4) is 0 Å². The maximum atomic E-state index is 11.5. The molecular formula is C8H8ClN3O. The second kappa shape index (κ2) is 2.88. The van der Waals surface area contributed by atoms with E-state index in [0.29, 0.717) is 11.3 Å². The van der Waals surface area contributed by atoms with Crippen molar-refractivity contribution in [1.82, 2.24) is 14.2 Å². The molecule has 4 nitrogen and oxygen atoms in total. The number of rotatable bonds is 1. The highest BCUT2D eigenvalue weighted by Gasteiger charge is 2.02. The fourth-order valence-corrected chi connectivity index (χ4v) is 1.41. The van der Waals surface area contributed by atoms with Gasteiger partial charge in [0.1, 0.15) is 0 Å². The van der Waals surface area contributed by atoms with Gasteiger partial charge in [-0.3, -0.25) is 9.48 Å². The molecule has 0 unspecified atom stereocenters. The first-order chi connectivity index (χ1) is 6.22. The van der Waals surface area contributed by atoms with Gasteiger partial charge in [0, 0.05) is 25.4 Å². The first-order valence-electron chi connectivity index (χ1n) is 3.82. The highest BCUT2D eigenvalue weighted by atomic mass is 35.5. The molecule has 0 N–H and O–H groups in total. The Kier molecular flexibility index (Phi) is 1.84. The van der Waals surface area contributed by atoms with Crippen molar-refractivity contribution in [3.63, 3.8) is 0 Å². The van der Waals surface area contributed by atoms with E-state index < -0.39 is 0 Å². The Balaban J connectivity index is 2.87. The third kappa shape index (κ3) is 1.23. The fourth-order valence-electron chi connectivity index (χ4n) is 1.28. The van der Waals surface area contributed by atoms with Crippen LogP contribution in [-0.4, -0.2) is 14.2 Å². The number of nitrogens with zero attached hydrogens (tertiary/aromatic N) is 3. The predicted molar refractivity (Wildman–Crippen MR) is 50.0 cm³/mol. The lowest BCUT2D eigenvalue weighted by atomic mass is 10.4. The molecule has 0 aromatic carbocycles. The topological polar surface area (TPSA) is 39.3 Å². The average molecular weight is 198 g/mol. The second-order valence-electron chi connectivity index (χ2n) is 2.78. The Morgan fingerprint density at radius 1 is 1.62 bits per heavy atom. The summed E-state index contributed by atoms with van der Waals surface area (Å²) in [7, 11) is 1.79. The van der Waals surface area contributed by atoms with Crippen LogP contribution in [0.25, 0.3) is 5.65 Å². The number of hydrogen-bond donors (Lipinski definition) is 0. The van der Waals surface area contributed by atoms with Gasteiger partial charge in [-0.1, -0.05) is 0 Å². The van der Waals surface area contributed by atoms with Crippen LogP contribution in [0.3, 0.4) is 0 Å². The third-order valence-electron chi connectivity index (χ3n) is 1.87. The largest absolute Gasteiger partial charge is 0.287 e. The second-order valence-corrected chi connectivity index (χ2v) is 3.05. The SMILES string of the molecule is Cn1ccc2nc(CCl)cc(=O)n21. The van der Waals surface area contributed by atoms with Crippen LogP contribution in [0.5, 0.6) is 0 Å². The van der Waals surface area contributed by atoms with E-state index in [0.717, 1.165) is 0 Å². The van der Waals surface area contributed by atoms with Crippen molar-refractivity contribution >= 4 is 17.2 Å². The highest BCUT2D eigenvalue weighted by molar-refractivity contribution is 6.16. The van der Waals surface area contributed by atoms with Gasteiger partial charge < -0.3 is 0 Å². The van der Waals surface area contributed by atoms with Crippen LogP contribution >= 0.6 is 11.6 Å². The summed E-state index contributed by atoms with van der Waals surface area (Å²) in [6.07, 6.45) is 1.78. The van der Waals surface area contributed by atoms with Crippen molar-refractivity contribution in [2.24, 2.45) is 7.05 Å². The molecule has 0 spiro atoms. The zero-order valence-corrected chi connectivity index (χ0v) is 7.82. The monoisotopic (exact) mass is 197 g/mol. The maximum absolute atomic E-state index is 11.5. The highest BCUT2D eigenvalue weighted by Crippen LogP contribution is 2.01. The smallest absolute Gasteiger partial charge is 0.273 e. The number of halogens is 1. The standard InChI is InChI=1S/C8H8ClN3O/c1-11-3-2-7-10-6(5-9)4-8(13)12(7)11/h2-4H,5H2,1H3. The molecule has 0 aliphatic heterocycles. The van der Waals surface area contributed by atoms with Crippen LogP contribution in [-0.2, 0) is 12.9 Å². The van der Waals surface area contributed by atoms with Crippen molar-refractivity contribution in [1.29, 1.82) is 0 Å². The molecule has 0 amide bonds. The van der Waals surface area contributed by atoms with Gasteiger partial charge in [-0.2, -0.15) is 4.52 Å². The summed E-state index contributed by atoms with van der Waals surface area (Å²) in [5.74, 6) is 0.265. The molecule has 13 heavy (non-hydrogen) atoms. The quantitative estimate of drug-likeness (QED) is 0.634. The number of aromatic nitrogens is 3. The summed E-state index contributed by atoms with van der Waals surface area (Å²) in [5, 5.41) is 0. The van der Waals surface area contributed by atoms with Gasteiger partial charge in [0.05, 0.1) is 11.6 Å². The first kappa shape index (κ1) is 8.31. The molecular weight excluding hydrogens is 190 g/mol. The van der Waals surface area contributed by atoms with Gasteiger partial charge >= 0.3 is 0 Å². The molecule has 0 saturated heterocycles. The predicted octanol–water partition coefficient (Wildman–Crippen LogP) is 0.772. The summed E-state index contributed by atoms with van der Waals surface area (Å²) >= 11 is 5.59. The molecule has 0 radical (unpaired) electrons. The molecule has 2 heterocycles. The van der Waals surface area contributed by atoms with Gasteiger partial charge in [-0.05, 0) is 0 Å². The molecule has 2 rings (SSSR count). The summed E-state index contributed by atoms with van der Waals surface area (Å²) < 4.78 is 3.17. The van der Waals surface area contributed by atoms with Crippen LogP contribution in [0, 0.1) is 0 Å². The Morgan fingerprint density at radius 2 is 2.38 bits per heavy atom. The van der Waals surface area contributed by atoms with Crippen LogP contribution in [0.15, 0.2) is 23.1 Å². The molecule has 5 heteroatoms. The van der Waals surface area contributed by atoms with Gasteiger partial charge in [0.2, 0.25) is 0 Å². The minimum Gasteiger partial charge on any atom is -0.287 e.